The van der Waals surface area contributed by atoms with Gasteiger partial charge in [-0.2, -0.15) is 0 Å². The Kier molecular flexibility index (Phi) is 9.09. The molecule has 0 unspecified atom stereocenters. The molecule has 1 aromatic carbocycles. The van der Waals surface area contributed by atoms with Crippen molar-refractivity contribution in [3.05, 3.63) is 35.1 Å². The summed E-state index contributed by atoms with van der Waals surface area (Å²) in [4.78, 5) is 0. The maximum Gasteiger partial charge on any atom is 0.126 e. The second-order valence-electron chi connectivity index (χ2n) is 11.4. The summed E-state index contributed by atoms with van der Waals surface area (Å²) in [6.07, 6.45) is 21.4. The molecule has 2 heteroatoms. The van der Waals surface area contributed by atoms with Gasteiger partial charge >= 0.3 is 0 Å². The maximum absolute atomic E-state index is 15.1. The summed E-state index contributed by atoms with van der Waals surface area (Å²) in [5.41, 5.74) is 2.21. The minimum Gasteiger partial charge on any atom is -0.381 e. The number of unbranched alkanes of at least 4 members (excludes halogenated alkanes) is 2. The molecule has 3 saturated carbocycles. The van der Waals surface area contributed by atoms with Crippen molar-refractivity contribution < 1.29 is 9.13 Å². The van der Waals surface area contributed by atoms with Gasteiger partial charge in [0.15, 0.2) is 0 Å². The van der Waals surface area contributed by atoms with Gasteiger partial charge in [0.25, 0.3) is 0 Å². The van der Waals surface area contributed by atoms with Crippen molar-refractivity contribution in [2.24, 2.45) is 17.8 Å². The van der Waals surface area contributed by atoms with Gasteiger partial charge in [0.2, 0.25) is 0 Å². The van der Waals surface area contributed by atoms with Crippen LogP contribution in [0.4, 0.5) is 4.39 Å². The van der Waals surface area contributed by atoms with Crippen LogP contribution in [0.3, 0.4) is 0 Å². The van der Waals surface area contributed by atoms with Crippen LogP contribution < -0.4 is 0 Å². The molecule has 0 spiro atoms. The second-order valence-corrected chi connectivity index (χ2v) is 11.4. The number of rotatable bonds is 8. The van der Waals surface area contributed by atoms with Gasteiger partial charge < -0.3 is 4.74 Å². The predicted molar refractivity (Wildman–Crippen MR) is 133 cm³/mol. The molecule has 0 amide bonds. The van der Waals surface area contributed by atoms with Crippen LogP contribution in [0.2, 0.25) is 0 Å². The highest BCUT2D eigenvalue weighted by Crippen LogP contribution is 2.45. The van der Waals surface area contributed by atoms with E-state index in [4.69, 9.17) is 4.74 Å². The molecule has 0 N–H and O–H groups in total. The van der Waals surface area contributed by atoms with Crippen LogP contribution in [0, 0.1) is 23.6 Å². The summed E-state index contributed by atoms with van der Waals surface area (Å²) >= 11 is 0. The van der Waals surface area contributed by atoms with Gasteiger partial charge in [-0.3, -0.25) is 0 Å². The van der Waals surface area contributed by atoms with Crippen molar-refractivity contribution in [2.45, 2.75) is 128 Å². The first-order chi connectivity index (χ1) is 15.7. The number of hydrogen-bond acceptors (Lipinski definition) is 1. The van der Waals surface area contributed by atoms with E-state index in [0.29, 0.717) is 17.9 Å². The van der Waals surface area contributed by atoms with Gasteiger partial charge in [0.1, 0.15) is 5.82 Å². The minimum atomic E-state index is 0.0624. The third-order valence-electron chi connectivity index (χ3n) is 9.49. The van der Waals surface area contributed by atoms with Crippen LogP contribution in [-0.2, 0) is 4.74 Å². The van der Waals surface area contributed by atoms with Crippen molar-refractivity contribution in [3.8, 4) is 0 Å². The van der Waals surface area contributed by atoms with Crippen molar-refractivity contribution >= 4 is 0 Å². The van der Waals surface area contributed by atoms with E-state index in [1.807, 2.05) is 13.2 Å². The quantitative estimate of drug-likeness (QED) is 0.365. The summed E-state index contributed by atoms with van der Waals surface area (Å²) in [5.74, 6) is 3.88. The van der Waals surface area contributed by atoms with E-state index in [1.165, 1.54) is 82.6 Å². The van der Waals surface area contributed by atoms with Gasteiger partial charge in [-0.1, -0.05) is 57.6 Å². The topological polar surface area (TPSA) is 9.23 Å². The Morgan fingerprint density at radius 3 is 2.00 bits per heavy atom. The van der Waals surface area contributed by atoms with Crippen LogP contribution in [0.5, 0.6) is 0 Å². The summed E-state index contributed by atoms with van der Waals surface area (Å²) < 4.78 is 20.6. The Bertz CT molecular complexity index is 676. The first-order valence-corrected chi connectivity index (χ1v) is 14.0. The van der Waals surface area contributed by atoms with E-state index in [9.17, 15) is 0 Å². The smallest absolute Gasteiger partial charge is 0.126 e. The number of hydrogen-bond donors (Lipinski definition) is 0. The SMILES string of the molecule is CCCCCC1CCC(C2CCC(c3ccc(C4CCC(OC)CC4)cc3F)CC2)CC1. The fourth-order valence-electron chi connectivity index (χ4n) is 7.29. The molecule has 0 aliphatic heterocycles. The molecule has 3 aliphatic carbocycles. The monoisotopic (exact) mass is 442 g/mol. The molecular weight excluding hydrogens is 395 g/mol. The summed E-state index contributed by atoms with van der Waals surface area (Å²) in [6.45, 7) is 2.31. The lowest BCUT2D eigenvalue weighted by molar-refractivity contribution is 0.0658. The zero-order chi connectivity index (χ0) is 22.3. The molecule has 0 saturated heterocycles. The average molecular weight is 443 g/mol. The Balaban J connectivity index is 1.24. The molecule has 0 aromatic heterocycles. The first-order valence-electron chi connectivity index (χ1n) is 14.0. The third-order valence-corrected chi connectivity index (χ3v) is 9.49. The van der Waals surface area contributed by atoms with Crippen molar-refractivity contribution in [1.29, 1.82) is 0 Å². The lowest BCUT2D eigenvalue weighted by Gasteiger charge is -2.38. The van der Waals surface area contributed by atoms with Crippen molar-refractivity contribution in [1.82, 2.24) is 0 Å². The fraction of sp³-hybridized carbons (Fsp3) is 0.800. The van der Waals surface area contributed by atoms with E-state index < -0.39 is 0 Å². The largest absolute Gasteiger partial charge is 0.381 e. The van der Waals surface area contributed by atoms with Crippen molar-refractivity contribution in [3.63, 3.8) is 0 Å². The zero-order valence-electron chi connectivity index (χ0n) is 20.8. The molecule has 32 heavy (non-hydrogen) atoms. The normalized spacial score (nSPS) is 33.8. The maximum atomic E-state index is 15.1. The Hall–Kier alpha value is -0.890. The van der Waals surface area contributed by atoms with E-state index in [0.717, 1.165) is 49.0 Å². The molecule has 4 rings (SSSR count). The van der Waals surface area contributed by atoms with Crippen LogP contribution in [0.25, 0.3) is 0 Å². The van der Waals surface area contributed by atoms with E-state index >= 15 is 4.39 Å². The molecule has 1 nitrogen and oxygen atoms in total. The minimum absolute atomic E-state index is 0.0624. The van der Waals surface area contributed by atoms with E-state index in [2.05, 4.69) is 19.1 Å². The molecule has 0 bridgehead atoms. The Labute approximate surface area is 196 Å². The summed E-state index contributed by atoms with van der Waals surface area (Å²) in [7, 11) is 1.81. The highest BCUT2D eigenvalue weighted by molar-refractivity contribution is 5.30. The fourth-order valence-corrected chi connectivity index (χ4v) is 7.29. The molecule has 0 radical (unpaired) electrons. The van der Waals surface area contributed by atoms with Crippen LogP contribution in [0.1, 0.15) is 133 Å². The number of halogens is 1. The molecular formula is C30H47FO. The Morgan fingerprint density at radius 2 is 1.41 bits per heavy atom. The second kappa shape index (κ2) is 12.0. The molecule has 0 atom stereocenters. The number of benzene rings is 1. The zero-order valence-corrected chi connectivity index (χ0v) is 20.8. The van der Waals surface area contributed by atoms with Gasteiger partial charge in [-0.05, 0) is 111 Å². The molecule has 3 fully saturated rings. The molecule has 0 heterocycles. The van der Waals surface area contributed by atoms with Crippen LogP contribution >= 0.6 is 0 Å². The average Bonchev–Trinajstić information content (AvgIpc) is 2.85. The third kappa shape index (κ3) is 6.16. The van der Waals surface area contributed by atoms with Gasteiger partial charge in [0, 0.05) is 7.11 Å². The van der Waals surface area contributed by atoms with Crippen LogP contribution in [0.15, 0.2) is 18.2 Å². The molecule has 1 aromatic rings. The highest BCUT2D eigenvalue weighted by atomic mass is 19.1. The predicted octanol–water partition coefficient (Wildman–Crippen LogP) is 9.16. The van der Waals surface area contributed by atoms with Gasteiger partial charge in [-0.25, -0.2) is 4.39 Å². The van der Waals surface area contributed by atoms with Crippen LogP contribution in [-0.4, -0.2) is 13.2 Å². The summed E-state index contributed by atoms with van der Waals surface area (Å²) in [6, 6.07) is 6.25. The lowest BCUT2D eigenvalue weighted by Crippen LogP contribution is -2.25. The highest BCUT2D eigenvalue weighted by Gasteiger charge is 2.32. The van der Waals surface area contributed by atoms with E-state index in [-0.39, 0.29) is 5.82 Å². The summed E-state index contributed by atoms with van der Waals surface area (Å²) in [5, 5.41) is 0. The van der Waals surface area contributed by atoms with E-state index in [1.54, 1.807) is 0 Å². The van der Waals surface area contributed by atoms with Gasteiger partial charge in [0.05, 0.1) is 6.10 Å². The number of methoxy groups -OCH3 is 1. The molecule has 3 aliphatic rings. The Morgan fingerprint density at radius 1 is 0.781 bits per heavy atom. The first kappa shape index (κ1) is 24.2. The number of ether oxygens (including phenoxy) is 1. The standard InChI is InChI=1S/C30H47FO/c1-3-4-5-6-22-7-9-23(10-8-22)24-11-13-26(14-12-24)29-20-17-27(21-30(29)31)25-15-18-28(32-2)19-16-25/h17,20-26,28H,3-16,18-19H2,1-2H3. The lowest BCUT2D eigenvalue weighted by atomic mass is 9.68. The van der Waals surface area contributed by atoms with Crippen molar-refractivity contribution in [2.75, 3.05) is 7.11 Å². The molecule has 180 valence electrons. The van der Waals surface area contributed by atoms with Gasteiger partial charge in [-0.15, -0.1) is 0 Å².